The smallest absolute Gasteiger partial charge is 0.120 e. The second-order valence-electron chi connectivity index (χ2n) is 2.77. The van der Waals surface area contributed by atoms with E-state index in [1.807, 2.05) is 10.8 Å². The Kier molecular flexibility index (Phi) is 2.83. The molecule has 11 heavy (non-hydrogen) atoms. The fourth-order valence-corrected chi connectivity index (χ4v) is 0.993. The minimum Gasteiger partial charge on any atom is -0.337 e. The van der Waals surface area contributed by atoms with Crippen LogP contribution in [0.2, 0.25) is 0 Å². The Morgan fingerprint density at radius 3 is 3.09 bits per heavy atom. The molecule has 0 aromatic carbocycles. The van der Waals surface area contributed by atoms with Gasteiger partial charge in [0.15, 0.2) is 0 Å². The highest BCUT2D eigenvalue weighted by Crippen LogP contribution is 2.02. The van der Waals surface area contributed by atoms with Gasteiger partial charge in [-0.25, -0.2) is 4.98 Å². The molecule has 60 valence electrons. The molecule has 3 nitrogen and oxygen atoms in total. The second kappa shape index (κ2) is 3.91. The molecule has 0 saturated carbocycles. The van der Waals surface area contributed by atoms with E-state index >= 15 is 0 Å². The summed E-state index contributed by atoms with van der Waals surface area (Å²) in [4.78, 5) is 14.0. The van der Waals surface area contributed by atoms with Crippen molar-refractivity contribution in [3.63, 3.8) is 0 Å². The summed E-state index contributed by atoms with van der Waals surface area (Å²) in [6.45, 7) is 2.92. The summed E-state index contributed by atoms with van der Waals surface area (Å²) < 4.78 is 1.98. The first-order valence-corrected chi connectivity index (χ1v) is 3.72. The van der Waals surface area contributed by atoms with Gasteiger partial charge in [-0.3, -0.25) is 0 Å². The first-order chi connectivity index (χ1) is 5.33. The molecule has 1 unspecified atom stereocenters. The Balaban J connectivity index is 2.37. The van der Waals surface area contributed by atoms with Gasteiger partial charge in [0.1, 0.15) is 6.29 Å². The molecule has 0 radical (unpaired) electrons. The summed E-state index contributed by atoms with van der Waals surface area (Å²) >= 11 is 0. The van der Waals surface area contributed by atoms with Crippen molar-refractivity contribution in [1.82, 2.24) is 9.55 Å². The minimum atomic E-state index is 0.404. The summed E-state index contributed by atoms with van der Waals surface area (Å²) in [5.41, 5.74) is 0. The van der Waals surface area contributed by atoms with Crippen molar-refractivity contribution in [2.24, 2.45) is 5.92 Å². The van der Waals surface area contributed by atoms with Crippen LogP contribution < -0.4 is 0 Å². The Morgan fingerprint density at radius 2 is 2.55 bits per heavy atom. The van der Waals surface area contributed by atoms with Crippen LogP contribution in [0.4, 0.5) is 0 Å². The van der Waals surface area contributed by atoms with Crippen LogP contribution in [-0.2, 0) is 11.3 Å². The van der Waals surface area contributed by atoms with E-state index in [4.69, 9.17) is 0 Å². The van der Waals surface area contributed by atoms with Gasteiger partial charge >= 0.3 is 0 Å². The lowest BCUT2D eigenvalue weighted by atomic mass is 10.1. The Hall–Kier alpha value is -1.12. The monoisotopic (exact) mass is 152 g/mol. The molecule has 1 aromatic rings. The van der Waals surface area contributed by atoms with Crippen molar-refractivity contribution in [1.29, 1.82) is 0 Å². The highest BCUT2D eigenvalue weighted by molar-refractivity contribution is 5.49. The van der Waals surface area contributed by atoms with Crippen molar-refractivity contribution < 1.29 is 4.79 Å². The molecule has 0 fully saturated rings. The van der Waals surface area contributed by atoms with Crippen molar-refractivity contribution in [3.8, 4) is 0 Å². The average molecular weight is 152 g/mol. The maximum Gasteiger partial charge on any atom is 0.120 e. The molecule has 0 amide bonds. The zero-order chi connectivity index (χ0) is 8.10. The lowest BCUT2D eigenvalue weighted by Crippen LogP contribution is -2.05. The molecule has 1 atom stereocenters. The molecular formula is C8H12N2O. The van der Waals surface area contributed by atoms with Crippen molar-refractivity contribution in [3.05, 3.63) is 18.7 Å². The third-order valence-electron chi connectivity index (χ3n) is 1.58. The van der Waals surface area contributed by atoms with Crippen LogP contribution in [-0.4, -0.2) is 15.8 Å². The Labute approximate surface area is 66.1 Å². The third-order valence-corrected chi connectivity index (χ3v) is 1.58. The van der Waals surface area contributed by atoms with Crippen LogP contribution in [0.25, 0.3) is 0 Å². The molecular weight excluding hydrogens is 140 g/mol. The summed E-state index contributed by atoms with van der Waals surface area (Å²) in [5, 5.41) is 0. The fourth-order valence-electron chi connectivity index (χ4n) is 0.993. The predicted octanol–water partition coefficient (Wildman–Crippen LogP) is 1.11. The van der Waals surface area contributed by atoms with Gasteiger partial charge in [-0.1, -0.05) is 6.92 Å². The van der Waals surface area contributed by atoms with E-state index in [0.717, 1.165) is 12.8 Å². The molecule has 0 N–H and O–H groups in total. The number of imidazole rings is 1. The van der Waals surface area contributed by atoms with Crippen LogP contribution in [0.1, 0.15) is 13.3 Å². The molecule has 0 aliphatic rings. The number of hydrogen-bond acceptors (Lipinski definition) is 2. The highest BCUT2D eigenvalue weighted by Gasteiger charge is 2.00. The number of hydrogen-bond donors (Lipinski definition) is 0. The van der Waals surface area contributed by atoms with Crippen molar-refractivity contribution >= 4 is 6.29 Å². The summed E-state index contributed by atoms with van der Waals surface area (Å²) in [6, 6.07) is 0. The van der Waals surface area contributed by atoms with Gasteiger partial charge in [0.2, 0.25) is 0 Å². The molecule has 0 aliphatic heterocycles. The van der Waals surface area contributed by atoms with E-state index in [2.05, 4.69) is 11.9 Å². The van der Waals surface area contributed by atoms with Gasteiger partial charge in [0, 0.05) is 25.4 Å². The molecule has 0 spiro atoms. The molecule has 1 heterocycles. The van der Waals surface area contributed by atoms with E-state index in [9.17, 15) is 4.79 Å². The number of carbonyl (C=O) groups is 1. The predicted molar refractivity (Wildman–Crippen MR) is 42.1 cm³/mol. The van der Waals surface area contributed by atoms with Crippen LogP contribution in [0, 0.1) is 5.92 Å². The van der Waals surface area contributed by atoms with Crippen LogP contribution in [0.15, 0.2) is 18.7 Å². The number of nitrogens with zero attached hydrogens (tertiary/aromatic N) is 2. The standard InChI is InChI=1S/C8H12N2O/c1-8(2-5-11)6-10-4-3-9-7-10/h3-5,7-8H,2,6H2,1H3. The van der Waals surface area contributed by atoms with Gasteiger partial charge in [0.05, 0.1) is 6.33 Å². The second-order valence-corrected chi connectivity index (χ2v) is 2.77. The number of carbonyl (C=O) groups excluding carboxylic acids is 1. The van der Waals surface area contributed by atoms with Crippen LogP contribution in [0.3, 0.4) is 0 Å². The van der Waals surface area contributed by atoms with E-state index in [0.29, 0.717) is 12.3 Å². The first-order valence-electron chi connectivity index (χ1n) is 3.72. The molecule has 1 aromatic heterocycles. The number of aromatic nitrogens is 2. The maximum absolute atomic E-state index is 10.1. The zero-order valence-corrected chi connectivity index (χ0v) is 6.60. The lowest BCUT2D eigenvalue weighted by Gasteiger charge is -2.06. The lowest BCUT2D eigenvalue weighted by molar-refractivity contribution is -0.108. The van der Waals surface area contributed by atoms with E-state index in [-0.39, 0.29) is 0 Å². The molecule has 0 bridgehead atoms. The normalized spacial score (nSPS) is 12.8. The summed E-state index contributed by atoms with van der Waals surface area (Å²) in [6.07, 6.45) is 7.00. The zero-order valence-electron chi connectivity index (χ0n) is 6.60. The van der Waals surface area contributed by atoms with E-state index in [1.54, 1.807) is 12.5 Å². The van der Waals surface area contributed by atoms with Crippen molar-refractivity contribution in [2.45, 2.75) is 19.9 Å². The molecule has 0 aliphatic carbocycles. The SMILES string of the molecule is CC(CC=O)Cn1ccnc1. The number of rotatable bonds is 4. The first kappa shape index (κ1) is 7.98. The van der Waals surface area contributed by atoms with Gasteiger partial charge in [-0.15, -0.1) is 0 Å². The Bertz CT molecular complexity index is 206. The molecule has 1 rings (SSSR count). The number of aldehydes is 1. The molecule has 3 heteroatoms. The Morgan fingerprint density at radius 1 is 1.73 bits per heavy atom. The van der Waals surface area contributed by atoms with Gasteiger partial charge in [-0.2, -0.15) is 0 Å². The quantitative estimate of drug-likeness (QED) is 0.606. The van der Waals surface area contributed by atoms with Gasteiger partial charge < -0.3 is 9.36 Å². The van der Waals surface area contributed by atoms with Gasteiger partial charge in [-0.05, 0) is 5.92 Å². The minimum absolute atomic E-state index is 0.404. The van der Waals surface area contributed by atoms with E-state index < -0.39 is 0 Å². The van der Waals surface area contributed by atoms with Crippen LogP contribution in [0.5, 0.6) is 0 Å². The fraction of sp³-hybridized carbons (Fsp3) is 0.500. The van der Waals surface area contributed by atoms with Crippen LogP contribution >= 0.6 is 0 Å². The average Bonchev–Trinajstić information content (AvgIpc) is 2.40. The summed E-state index contributed by atoms with van der Waals surface area (Å²) in [7, 11) is 0. The summed E-state index contributed by atoms with van der Waals surface area (Å²) in [5.74, 6) is 0.404. The highest BCUT2D eigenvalue weighted by atomic mass is 16.1. The largest absolute Gasteiger partial charge is 0.337 e. The van der Waals surface area contributed by atoms with E-state index in [1.165, 1.54) is 0 Å². The topological polar surface area (TPSA) is 34.9 Å². The third kappa shape index (κ3) is 2.53. The van der Waals surface area contributed by atoms with Gasteiger partial charge in [0.25, 0.3) is 0 Å². The molecule has 0 saturated heterocycles. The maximum atomic E-state index is 10.1. The van der Waals surface area contributed by atoms with Crippen molar-refractivity contribution in [2.75, 3.05) is 0 Å².